The van der Waals surface area contributed by atoms with Gasteiger partial charge in [0.1, 0.15) is 0 Å². The fourth-order valence-corrected chi connectivity index (χ4v) is 5.11. The summed E-state index contributed by atoms with van der Waals surface area (Å²) >= 11 is 0. The molecular formula is C35H23N3. The van der Waals surface area contributed by atoms with Crippen molar-refractivity contribution in [2.75, 3.05) is 0 Å². The van der Waals surface area contributed by atoms with E-state index in [0.29, 0.717) is 5.82 Å². The molecule has 0 amide bonds. The summed E-state index contributed by atoms with van der Waals surface area (Å²) in [6.45, 7) is 0. The van der Waals surface area contributed by atoms with E-state index in [1.165, 1.54) is 16.3 Å². The summed E-state index contributed by atoms with van der Waals surface area (Å²) in [5, 5.41) is 4.65. The maximum atomic E-state index is 5.04. The van der Waals surface area contributed by atoms with Crippen molar-refractivity contribution in [1.82, 2.24) is 15.0 Å². The first-order valence-electron chi connectivity index (χ1n) is 12.7. The molecule has 0 spiro atoms. The van der Waals surface area contributed by atoms with E-state index in [9.17, 15) is 0 Å². The van der Waals surface area contributed by atoms with Crippen LogP contribution in [0.15, 0.2) is 140 Å². The summed E-state index contributed by atoms with van der Waals surface area (Å²) in [6, 6.07) is 45.8. The third kappa shape index (κ3) is 3.91. The number of aromatic nitrogens is 3. The third-order valence-corrected chi connectivity index (χ3v) is 6.95. The van der Waals surface area contributed by atoms with E-state index in [2.05, 4.69) is 78.9 Å². The molecule has 0 aliphatic rings. The van der Waals surface area contributed by atoms with Crippen molar-refractivity contribution in [1.29, 1.82) is 0 Å². The predicted octanol–water partition coefficient (Wildman–Crippen LogP) is 8.85. The van der Waals surface area contributed by atoms with Gasteiger partial charge in [0.05, 0.1) is 17.1 Å². The first-order chi connectivity index (χ1) is 18.8. The largest absolute Gasteiger partial charge is 0.253 e. The molecule has 0 saturated heterocycles. The molecule has 5 aromatic carbocycles. The quantitative estimate of drug-likeness (QED) is 0.250. The summed E-state index contributed by atoms with van der Waals surface area (Å²) < 4.78 is 0. The number of hydrogen-bond donors (Lipinski definition) is 0. The number of nitrogens with zero attached hydrogens (tertiary/aromatic N) is 3. The van der Waals surface area contributed by atoms with E-state index in [1.54, 1.807) is 0 Å². The van der Waals surface area contributed by atoms with Crippen LogP contribution in [0, 0.1) is 0 Å². The Labute approximate surface area is 221 Å². The van der Waals surface area contributed by atoms with E-state index in [1.807, 2.05) is 60.8 Å². The second-order valence-corrected chi connectivity index (χ2v) is 9.29. The Morgan fingerprint density at radius 1 is 0.421 bits per heavy atom. The molecule has 7 aromatic rings. The van der Waals surface area contributed by atoms with Crippen LogP contribution in [0.3, 0.4) is 0 Å². The molecule has 0 aliphatic heterocycles. The van der Waals surface area contributed by atoms with E-state index < -0.39 is 0 Å². The molecular weight excluding hydrogens is 462 g/mol. The summed E-state index contributed by atoms with van der Waals surface area (Å²) in [5.41, 5.74) is 6.84. The first-order valence-corrected chi connectivity index (χ1v) is 12.7. The highest BCUT2D eigenvalue weighted by molar-refractivity contribution is 6.08. The van der Waals surface area contributed by atoms with Gasteiger partial charge in [-0.2, -0.15) is 0 Å². The average molecular weight is 486 g/mol. The highest BCUT2D eigenvalue weighted by Gasteiger charge is 2.16. The second-order valence-electron chi connectivity index (χ2n) is 9.29. The van der Waals surface area contributed by atoms with Gasteiger partial charge in [0, 0.05) is 28.3 Å². The molecule has 0 fully saturated rings. The van der Waals surface area contributed by atoms with Gasteiger partial charge in [-0.15, -0.1) is 0 Å². The molecule has 0 radical (unpaired) electrons. The Hall–Kier alpha value is -5.15. The molecule has 0 atom stereocenters. The van der Waals surface area contributed by atoms with Crippen LogP contribution in [0.4, 0.5) is 0 Å². The van der Waals surface area contributed by atoms with Crippen LogP contribution in [-0.2, 0) is 0 Å². The van der Waals surface area contributed by atoms with Gasteiger partial charge in [0.15, 0.2) is 5.82 Å². The lowest BCUT2D eigenvalue weighted by molar-refractivity contribution is 1.17. The monoisotopic (exact) mass is 485 g/mol. The van der Waals surface area contributed by atoms with Crippen molar-refractivity contribution in [3.63, 3.8) is 0 Å². The molecule has 3 heteroatoms. The molecule has 3 nitrogen and oxygen atoms in total. The molecule has 0 N–H and O–H groups in total. The predicted molar refractivity (Wildman–Crippen MR) is 157 cm³/mol. The van der Waals surface area contributed by atoms with Crippen molar-refractivity contribution in [2.24, 2.45) is 0 Å². The molecule has 7 rings (SSSR count). The molecule has 2 aromatic heterocycles. The van der Waals surface area contributed by atoms with Crippen molar-refractivity contribution in [3.8, 4) is 45.2 Å². The SMILES string of the molecule is c1ccc(-c2cc(-c3ncc(-c4cccc5ccccc45)c4ccccc34)nc(-c3ccccc3)n2)cc1. The molecule has 0 bridgehead atoms. The Kier molecular flexibility index (Phi) is 5.45. The van der Waals surface area contributed by atoms with E-state index in [4.69, 9.17) is 15.0 Å². The van der Waals surface area contributed by atoms with Gasteiger partial charge in [0.25, 0.3) is 0 Å². The standard InChI is InChI=1S/C35H23N3/c1-3-13-25(14-4-1)32-22-33(38-35(37-32)26-15-5-2-6-16-26)34-30-20-10-9-19-29(30)31(23-36-34)28-21-11-17-24-12-7-8-18-27(24)28/h1-23H. The minimum atomic E-state index is 0.686. The van der Waals surface area contributed by atoms with Crippen molar-refractivity contribution in [3.05, 3.63) is 140 Å². The summed E-state index contributed by atoms with van der Waals surface area (Å²) in [7, 11) is 0. The van der Waals surface area contributed by atoms with Crippen molar-refractivity contribution in [2.45, 2.75) is 0 Å². The summed E-state index contributed by atoms with van der Waals surface area (Å²) in [5.74, 6) is 0.686. The zero-order valence-electron chi connectivity index (χ0n) is 20.6. The van der Waals surface area contributed by atoms with Gasteiger partial charge in [-0.05, 0) is 27.8 Å². The van der Waals surface area contributed by atoms with Crippen molar-refractivity contribution >= 4 is 21.5 Å². The Morgan fingerprint density at radius 3 is 1.82 bits per heavy atom. The maximum absolute atomic E-state index is 5.04. The van der Waals surface area contributed by atoms with Gasteiger partial charge in [-0.25, -0.2) is 9.97 Å². The minimum Gasteiger partial charge on any atom is -0.253 e. The second kappa shape index (κ2) is 9.38. The normalized spacial score (nSPS) is 11.2. The average Bonchev–Trinajstić information content (AvgIpc) is 3.01. The van der Waals surface area contributed by atoms with Crippen LogP contribution >= 0.6 is 0 Å². The van der Waals surface area contributed by atoms with Crippen LogP contribution in [-0.4, -0.2) is 15.0 Å². The smallest absolute Gasteiger partial charge is 0.160 e. The lowest BCUT2D eigenvalue weighted by Gasteiger charge is -2.14. The molecule has 0 saturated carbocycles. The van der Waals surface area contributed by atoms with Gasteiger partial charge in [-0.3, -0.25) is 4.98 Å². The van der Waals surface area contributed by atoms with E-state index >= 15 is 0 Å². The van der Waals surface area contributed by atoms with Crippen LogP contribution in [0.5, 0.6) is 0 Å². The lowest BCUT2D eigenvalue weighted by Crippen LogP contribution is -1.98. The van der Waals surface area contributed by atoms with Gasteiger partial charge in [0.2, 0.25) is 0 Å². The summed E-state index contributed by atoms with van der Waals surface area (Å²) in [6.07, 6.45) is 1.99. The van der Waals surface area contributed by atoms with Gasteiger partial charge in [-0.1, -0.05) is 127 Å². The van der Waals surface area contributed by atoms with Crippen LogP contribution in [0.1, 0.15) is 0 Å². The lowest BCUT2D eigenvalue weighted by atomic mass is 9.94. The third-order valence-electron chi connectivity index (χ3n) is 6.95. The first kappa shape index (κ1) is 22.1. The Bertz CT molecular complexity index is 1850. The molecule has 2 heterocycles. The van der Waals surface area contributed by atoms with Crippen LogP contribution in [0.25, 0.3) is 66.7 Å². The molecule has 38 heavy (non-hydrogen) atoms. The van der Waals surface area contributed by atoms with Gasteiger partial charge < -0.3 is 0 Å². The Morgan fingerprint density at radius 2 is 1.03 bits per heavy atom. The molecule has 0 unspecified atom stereocenters. The minimum absolute atomic E-state index is 0.686. The molecule has 0 aliphatic carbocycles. The number of pyridine rings is 1. The highest BCUT2D eigenvalue weighted by atomic mass is 14.9. The van der Waals surface area contributed by atoms with E-state index in [0.717, 1.165) is 44.5 Å². The van der Waals surface area contributed by atoms with Crippen LogP contribution < -0.4 is 0 Å². The van der Waals surface area contributed by atoms with Crippen LogP contribution in [0.2, 0.25) is 0 Å². The number of hydrogen-bond acceptors (Lipinski definition) is 3. The van der Waals surface area contributed by atoms with Crippen molar-refractivity contribution < 1.29 is 0 Å². The number of benzene rings is 5. The maximum Gasteiger partial charge on any atom is 0.160 e. The Balaban J connectivity index is 1.47. The van der Waals surface area contributed by atoms with Gasteiger partial charge >= 0.3 is 0 Å². The number of fused-ring (bicyclic) bond motifs is 2. The van der Waals surface area contributed by atoms with E-state index in [-0.39, 0.29) is 0 Å². The fourth-order valence-electron chi connectivity index (χ4n) is 5.11. The zero-order valence-corrected chi connectivity index (χ0v) is 20.6. The fraction of sp³-hybridized carbons (Fsp3) is 0. The zero-order chi connectivity index (χ0) is 25.3. The summed E-state index contributed by atoms with van der Waals surface area (Å²) in [4.78, 5) is 15.0. The highest BCUT2D eigenvalue weighted by Crippen LogP contribution is 2.37. The molecule has 178 valence electrons. The number of rotatable bonds is 4. The topological polar surface area (TPSA) is 38.7 Å².